The first-order valence-corrected chi connectivity index (χ1v) is 4.69. The molecule has 74 valence electrons. The summed E-state index contributed by atoms with van der Waals surface area (Å²) in [6.45, 7) is 0. The topological polar surface area (TPSA) is 40.5 Å². The Labute approximate surface area is 82.0 Å². The zero-order valence-electron chi connectivity index (χ0n) is 6.87. The number of aromatic hydroxyl groups is 2. The van der Waals surface area contributed by atoms with E-state index in [-0.39, 0.29) is 22.4 Å². The number of phenolic OH excluding ortho intramolecular Hbond substituents is 2. The van der Waals surface area contributed by atoms with Gasteiger partial charge in [-0.05, 0) is 6.07 Å². The van der Waals surface area contributed by atoms with Crippen LogP contribution in [-0.4, -0.2) is 10.2 Å². The first-order valence-electron chi connectivity index (χ1n) is 3.81. The van der Waals surface area contributed by atoms with Crippen LogP contribution in [0.3, 0.4) is 0 Å². The standard InChI is InChI=1S/C9H6F2O2S/c10-9(11)6-3-14-8-5(6)1-4(12)2-7(8)13/h1-3,9,12-13H. The Balaban J connectivity index is 2.78. The van der Waals surface area contributed by atoms with Gasteiger partial charge in [-0.3, -0.25) is 0 Å². The maximum absolute atomic E-state index is 12.4. The molecule has 2 aromatic rings. The summed E-state index contributed by atoms with van der Waals surface area (Å²) in [6.07, 6.45) is -2.59. The summed E-state index contributed by atoms with van der Waals surface area (Å²) < 4.78 is 25.2. The van der Waals surface area contributed by atoms with Gasteiger partial charge < -0.3 is 10.2 Å². The van der Waals surface area contributed by atoms with Crippen molar-refractivity contribution in [3.63, 3.8) is 0 Å². The molecule has 0 saturated heterocycles. The zero-order valence-corrected chi connectivity index (χ0v) is 7.68. The normalized spacial score (nSPS) is 11.4. The van der Waals surface area contributed by atoms with Crippen LogP contribution in [0.25, 0.3) is 10.1 Å². The number of rotatable bonds is 1. The maximum Gasteiger partial charge on any atom is 0.265 e. The molecule has 0 aliphatic carbocycles. The highest BCUT2D eigenvalue weighted by Gasteiger charge is 2.16. The molecule has 2 N–H and O–H groups in total. The quantitative estimate of drug-likeness (QED) is 0.768. The molecule has 1 aromatic carbocycles. The molecular weight excluding hydrogens is 210 g/mol. The van der Waals surface area contributed by atoms with Crippen molar-refractivity contribution < 1.29 is 19.0 Å². The fraction of sp³-hybridized carbons (Fsp3) is 0.111. The van der Waals surface area contributed by atoms with Gasteiger partial charge in [-0.1, -0.05) is 0 Å². The van der Waals surface area contributed by atoms with Gasteiger partial charge in [-0.15, -0.1) is 11.3 Å². The van der Waals surface area contributed by atoms with E-state index < -0.39 is 6.43 Å². The molecule has 0 aliphatic heterocycles. The zero-order chi connectivity index (χ0) is 10.3. The van der Waals surface area contributed by atoms with Gasteiger partial charge in [0.2, 0.25) is 0 Å². The van der Waals surface area contributed by atoms with Crippen molar-refractivity contribution in [3.8, 4) is 11.5 Å². The van der Waals surface area contributed by atoms with Crippen LogP contribution in [0.2, 0.25) is 0 Å². The second kappa shape index (κ2) is 3.09. The third-order valence-electron chi connectivity index (χ3n) is 1.90. The monoisotopic (exact) mass is 216 g/mol. The molecule has 2 nitrogen and oxygen atoms in total. The SMILES string of the molecule is Oc1cc(O)c2scc(C(F)F)c2c1. The number of thiophene rings is 1. The van der Waals surface area contributed by atoms with Crippen LogP contribution in [0, 0.1) is 0 Å². The fourth-order valence-electron chi connectivity index (χ4n) is 1.29. The number of benzene rings is 1. The van der Waals surface area contributed by atoms with Crippen molar-refractivity contribution >= 4 is 21.4 Å². The summed E-state index contributed by atoms with van der Waals surface area (Å²) in [5.41, 5.74) is -0.156. The first kappa shape index (κ1) is 9.21. The predicted molar refractivity (Wildman–Crippen MR) is 50.1 cm³/mol. The minimum absolute atomic E-state index is 0.156. The molecule has 0 atom stereocenters. The van der Waals surface area contributed by atoms with Crippen molar-refractivity contribution in [1.29, 1.82) is 0 Å². The Morgan fingerprint density at radius 3 is 2.57 bits per heavy atom. The van der Waals surface area contributed by atoms with Crippen LogP contribution in [0.1, 0.15) is 12.0 Å². The van der Waals surface area contributed by atoms with Gasteiger partial charge in [0.1, 0.15) is 11.5 Å². The lowest BCUT2D eigenvalue weighted by Crippen LogP contribution is -1.79. The first-order chi connectivity index (χ1) is 6.59. The number of alkyl halides is 2. The van der Waals surface area contributed by atoms with Gasteiger partial charge in [0.25, 0.3) is 6.43 Å². The van der Waals surface area contributed by atoms with Gasteiger partial charge in [0.05, 0.1) is 4.70 Å². The van der Waals surface area contributed by atoms with Crippen LogP contribution >= 0.6 is 11.3 Å². The molecule has 1 heterocycles. The lowest BCUT2D eigenvalue weighted by molar-refractivity contribution is 0.153. The van der Waals surface area contributed by atoms with Gasteiger partial charge >= 0.3 is 0 Å². The molecule has 0 aliphatic rings. The molecule has 1 aromatic heterocycles. The molecule has 0 amide bonds. The van der Waals surface area contributed by atoms with Crippen LogP contribution in [0.5, 0.6) is 11.5 Å². The van der Waals surface area contributed by atoms with E-state index >= 15 is 0 Å². The highest BCUT2D eigenvalue weighted by molar-refractivity contribution is 7.17. The van der Waals surface area contributed by atoms with E-state index in [1.807, 2.05) is 0 Å². The van der Waals surface area contributed by atoms with E-state index in [1.165, 1.54) is 11.4 Å². The van der Waals surface area contributed by atoms with Gasteiger partial charge in [-0.25, -0.2) is 8.78 Å². The van der Waals surface area contributed by atoms with Crippen molar-refractivity contribution in [3.05, 3.63) is 23.1 Å². The van der Waals surface area contributed by atoms with Crippen molar-refractivity contribution in [1.82, 2.24) is 0 Å². The summed E-state index contributed by atoms with van der Waals surface area (Å²) in [5, 5.41) is 20.0. The van der Waals surface area contributed by atoms with Crippen molar-refractivity contribution in [2.24, 2.45) is 0 Å². The number of hydrogen-bond acceptors (Lipinski definition) is 3. The predicted octanol–water partition coefficient (Wildman–Crippen LogP) is 3.25. The summed E-state index contributed by atoms with van der Waals surface area (Å²) in [6, 6.07) is 2.36. The number of phenols is 2. The van der Waals surface area contributed by atoms with Gasteiger partial charge in [-0.2, -0.15) is 0 Å². The summed E-state index contributed by atoms with van der Waals surface area (Å²) in [5.74, 6) is -0.382. The summed E-state index contributed by atoms with van der Waals surface area (Å²) in [7, 11) is 0. The van der Waals surface area contributed by atoms with E-state index in [0.717, 1.165) is 17.4 Å². The minimum Gasteiger partial charge on any atom is -0.508 e. The van der Waals surface area contributed by atoms with Crippen LogP contribution in [0.15, 0.2) is 17.5 Å². The van der Waals surface area contributed by atoms with E-state index in [2.05, 4.69) is 0 Å². The third-order valence-corrected chi connectivity index (χ3v) is 2.94. The Morgan fingerprint density at radius 2 is 1.93 bits per heavy atom. The molecule has 0 fully saturated rings. The minimum atomic E-state index is -2.59. The summed E-state index contributed by atoms with van der Waals surface area (Å²) >= 11 is 1.04. The number of fused-ring (bicyclic) bond motifs is 1. The fourth-order valence-corrected chi connectivity index (χ4v) is 2.25. The Kier molecular flexibility index (Phi) is 2.03. The van der Waals surface area contributed by atoms with Crippen molar-refractivity contribution in [2.75, 3.05) is 0 Å². The molecule has 0 bridgehead atoms. The molecule has 0 unspecified atom stereocenters. The second-order valence-corrected chi connectivity index (χ2v) is 3.71. The third kappa shape index (κ3) is 1.29. The molecular formula is C9H6F2O2S. The maximum atomic E-state index is 12.4. The highest BCUT2D eigenvalue weighted by atomic mass is 32.1. The van der Waals surface area contributed by atoms with E-state index in [9.17, 15) is 13.9 Å². The summed E-state index contributed by atoms with van der Waals surface area (Å²) in [4.78, 5) is 0. The largest absolute Gasteiger partial charge is 0.508 e. The Bertz CT molecular complexity index is 479. The van der Waals surface area contributed by atoms with Crippen LogP contribution in [0.4, 0.5) is 8.78 Å². The molecule has 0 saturated carbocycles. The van der Waals surface area contributed by atoms with Crippen molar-refractivity contribution in [2.45, 2.75) is 6.43 Å². The lowest BCUT2D eigenvalue weighted by Gasteiger charge is -1.99. The van der Waals surface area contributed by atoms with Gasteiger partial charge in [0, 0.05) is 22.4 Å². The second-order valence-electron chi connectivity index (χ2n) is 2.83. The number of hydrogen-bond donors (Lipinski definition) is 2. The number of halogens is 2. The van der Waals surface area contributed by atoms with Crippen LogP contribution in [-0.2, 0) is 0 Å². The molecule has 14 heavy (non-hydrogen) atoms. The Hall–Kier alpha value is -1.36. The lowest BCUT2D eigenvalue weighted by atomic mass is 10.1. The van der Waals surface area contributed by atoms with Crippen LogP contribution < -0.4 is 0 Å². The average Bonchev–Trinajstić information content (AvgIpc) is 2.47. The molecule has 0 radical (unpaired) electrons. The van der Waals surface area contributed by atoms with Gasteiger partial charge in [0.15, 0.2) is 0 Å². The molecule has 5 heteroatoms. The van der Waals surface area contributed by atoms with E-state index in [0.29, 0.717) is 4.70 Å². The molecule has 2 rings (SSSR count). The smallest absolute Gasteiger partial charge is 0.265 e. The highest BCUT2D eigenvalue weighted by Crippen LogP contribution is 2.39. The van der Waals surface area contributed by atoms with E-state index in [1.54, 1.807) is 0 Å². The average molecular weight is 216 g/mol. The Morgan fingerprint density at radius 1 is 1.21 bits per heavy atom. The molecule has 0 spiro atoms. The van der Waals surface area contributed by atoms with E-state index in [4.69, 9.17) is 5.11 Å².